The van der Waals surface area contributed by atoms with Crippen LogP contribution in [0.25, 0.3) is 11.6 Å². The van der Waals surface area contributed by atoms with Crippen LogP contribution in [0.2, 0.25) is 0 Å². The Hall–Kier alpha value is -1.56. The predicted molar refractivity (Wildman–Crippen MR) is 92.3 cm³/mol. The first-order valence-electron chi connectivity index (χ1n) is 7.37. The van der Waals surface area contributed by atoms with Crippen molar-refractivity contribution in [3.8, 4) is 0 Å². The van der Waals surface area contributed by atoms with Gasteiger partial charge in [0.2, 0.25) is 0 Å². The van der Waals surface area contributed by atoms with Crippen LogP contribution < -0.4 is 0 Å². The molecule has 1 aromatic carbocycles. The van der Waals surface area contributed by atoms with Gasteiger partial charge in [-0.15, -0.1) is 0 Å². The van der Waals surface area contributed by atoms with E-state index >= 15 is 0 Å². The van der Waals surface area contributed by atoms with E-state index in [1.165, 1.54) is 11.1 Å². The summed E-state index contributed by atoms with van der Waals surface area (Å²) in [4.78, 5) is 0. The highest BCUT2D eigenvalue weighted by Gasteiger charge is 1.96. The lowest BCUT2D eigenvalue weighted by Crippen LogP contribution is -1.81. The number of rotatable bonds is 4. The summed E-state index contributed by atoms with van der Waals surface area (Å²) in [5.74, 6) is 0. The molecule has 0 atom stereocenters. The van der Waals surface area contributed by atoms with E-state index in [1.54, 1.807) is 0 Å². The number of hydrogen-bond acceptors (Lipinski definition) is 0. The molecule has 0 fully saturated rings. The molecular weight excluding hydrogens is 228 g/mol. The van der Waals surface area contributed by atoms with Crippen LogP contribution in [0.4, 0.5) is 0 Å². The molecule has 0 aromatic heterocycles. The lowest BCUT2D eigenvalue weighted by atomic mass is 10.0. The standard InChI is InChI=1S/C15H18.2C2H6/c1-4-7-14(8-5-2)15-11-9-13(6-3)10-12-15;2*1-2/h4,6-12H,3,5H2,1-2H3;2*1-2H3/b7-4-,14-8+;;. The van der Waals surface area contributed by atoms with Crippen LogP contribution in [-0.4, -0.2) is 0 Å². The maximum absolute atomic E-state index is 3.75. The van der Waals surface area contributed by atoms with Gasteiger partial charge in [0.1, 0.15) is 0 Å². The van der Waals surface area contributed by atoms with Gasteiger partial charge in [-0.25, -0.2) is 0 Å². The summed E-state index contributed by atoms with van der Waals surface area (Å²) in [5, 5.41) is 0. The lowest BCUT2D eigenvalue weighted by molar-refractivity contribution is 1.23. The summed E-state index contributed by atoms with van der Waals surface area (Å²) in [6.07, 6.45) is 9.38. The molecule has 1 rings (SSSR count). The fourth-order valence-electron chi connectivity index (χ4n) is 1.49. The fraction of sp³-hybridized carbons (Fsp3) is 0.368. The molecular formula is C19H30. The summed E-state index contributed by atoms with van der Waals surface area (Å²) in [5.41, 5.74) is 3.71. The highest BCUT2D eigenvalue weighted by atomic mass is 14.0. The van der Waals surface area contributed by atoms with Crippen molar-refractivity contribution in [2.75, 3.05) is 0 Å². The maximum Gasteiger partial charge on any atom is -0.0187 e. The van der Waals surface area contributed by atoms with Gasteiger partial charge in [0.05, 0.1) is 0 Å². The largest absolute Gasteiger partial charge is 0.0985 e. The van der Waals surface area contributed by atoms with Crippen molar-refractivity contribution in [3.63, 3.8) is 0 Å². The van der Waals surface area contributed by atoms with Gasteiger partial charge in [-0.2, -0.15) is 0 Å². The van der Waals surface area contributed by atoms with Crippen LogP contribution in [0, 0.1) is 0 Å². The number of allylic oxidation sites excluding steroid dienone is 4. The molecule has 0 N–H and O–H groups in total. The molecule has 106 valence electrons. The average Bonchev–Trinajstić information content (AvgIpc) is 2.51. The molecule has 0 aliphatic carbocycles. The van der Waals surface area contributed by atoms with E-state index in [-0.39, 0.29) is 0 Å². The van der Waals surface area contributed by atoms with Gasteiger partial charge in [-0.3, -0.25) is 0 Å². The average molecular weight is 258 g/mol. The Balaban J connectivity index is 0. The minimum Gasteiger partial charge on any atom is -0.0985 e. The van der Waals surface area contributed by atoms with Gasteiger partial charge in [0, 0.05) is 0 Å². The van der Waals surface area contributed by atoms with Crippen molar-refractivity contribution < 1.29 is 0 Å². The Labute approximate surface area is 120 Å². The van der Waals surface area contributed by atoms with E-state index in [1.807, 2.05) is 40.7 Å². The molecule has 0 radical (unpaired) electrons. The highest BCUT2D eigenvalue weighted by Crippen LogP contribution is 2.17. The van der Waals surface area contributed by atoms with Crippen molar-refractivity contribution >= 4 is 11.6 Å². The van der Waals surface area contributed by atoms with Crippen molar-refractivity contribution in [3.05, 3.63) is 60.2 Å². The summed E-state index contributed by atoms with van der Waals surface area (Å²) in [7, 11) is 0. The Morgan fingerprint density at radius 3 is 1.95 bits per heavy atom. The summed E-state index contributed by atoms with van der Waals surface area (Å²) >= 11 is 0. The molecule has 19 heavy (non-hydrogen) atoms. The van der Waals surface area contributed by atoms with E-state index in [2.05, 4.69) is 56.0 Å². The predicted octanol–water partition coefficient (Wildman–Crippen LogP) is 6.75. The highest BCUT2D eigenvalue weighted by molar-refractivity contribution is 5.74. The summed E-state index contributed by atoms with van der Waals surface area (Å²) in [6, 6.07) is 8.46. The molecule has 0 amide bonds. The van der Waals surface area contributed by atoms with E-state index in [0.717, 1.165) is 12.0 Å². The van der Waals surface area contributed by atoms with Crippen LogP contribution >= 0.6 is 0 Å². The molecule has 0 aliphatic rings. The third-order valence-electron chi connectivity index (χ3n) is 2.25. The summed E-state index contributed by atoms with van der Waals surface area (Å²) in [6.45, 7) is 15.9. The monoisotopic (exact) mass is 258 g/mol. The number of hydrogen-bond donors (Lipinski definition) is 0. The molecule has 0 aliphatic heterocycles. The zero-order chi connectivity index (χ0) is 15.1. The Kier molecular flexibility index (Phi) is 15.1. The number of benzene rings is 1. The zero-order valence-corrected chi connectivity index (χ0v) is 13.5. The molecule has 0 nitrogen and oxygen atoms in total. The minimum atomic E-state index is 1.06. The normalized spacial score (nSPS) is 10.1. The quantitative estimate of drug-likeness (QED) is 0.524. The van der Waals surface area contributed by atoms with Gasteiger partial charge >= 0.3 is 0 Å². The second-order valence-electron chi connectivity index (χ2n) is 3.39. The SMILES string of the molecule is C=Cc1ccc(C(/C=C\C)=C/CC)cc1.CC.CC. The molecule has 0 bridgehead atoms. The molecule has 0 unspecified atom stereocenters. The smallest absolute Gasteiger partial charge is 0.0187 e. The van der Waals surface area contributed by atoms with Gasteiger partial charge in [-0.1, -0.05) is 89.8 Å². The van der Waals surface area contributed by atoms with Gasteiger partial charge < -0.3 is 0 Å². The molecule has 0 heteroatoms. The van der Waals surface area contributed by atoms with Crippen LogP contribution in [0.1, 0.15) is 59.1 Å². The first-order valence-corrected chi connectivity index (χ1v) is 7.37. The molecule has 0 saturated carbocycles. The second-order valence-corrected chi connectivity index (χ2v) is 3.39. The first-order chi connectivity index (χ1) is 9.31. The molecule has 0 spiro atoms. The topological polar surface area (TPSA) is 0 Å². The third kappa shape index (κ3) is 8.20. The Bertz CT molecular complexity index is 364. The van der Waals surface area contributed by atoms with Gasteiger partial charge in [0.15, 0.2) is 0 Å². The Morgan fingerprint density at radius 1 is 1.05 bits per heavy atom. The minimum absolute atomic E-state index is 1.06. The molecule has 1 aromatic rings. The van der Waals surface area contributed by atoms with Crippen molar-refractivity contribution in [1.82, 2.24) is 0 Å². The van der Waals surface area contributed by atoms with Gasteiger partial charge in [-0.05, 0) is 30.0 Å². The van der Waals surface area contributed by atoms with Gasteiger partial charge in [0.25, 0.3) is 0 Å². The zero-order valence-electron chi connectivity index (χ0n) is 13.5. The molecule has 0 saturated heterocycles. The van der Waals surface area contributed by atoms with Crippen LogP contribution in [0.3, 0.4) is 0 Å². The van der Waals surface area contributed by atoms with Crippen LogP contribution in [-0.2, 0) is 0 Å². The van der Waals surface area contributed by atoms with E-state index in [0.29, 0.717) is 0 Å². The second kappa shape index (κ2) is 14.5. The Morgan fingerprint density at radius 2 is 1.58 bits per heavy atom. The molecule has 0 heterocycles. The van der Waals surface area contributed by atoms with Crippen LogP contribution in [0.15, 0.2) is 49.1 Å². The summed E-state index contributed by atoms with van der Waals surface area (Å²) < 4.78 is 0. The van der Waals surface area contributed by atoms with Crippen molar-refractivity contribution in [2.24, 2.45) is 0 Å². The fourth-order valence-corrected chi connectivity index (χ4v) is 1.49. The van der Waals surface area contributed by atoms with E-state index < -0.39 is 0 Å². The maximum atomic E-state index is 3.75. The first kappa shape index (κ1) is 19.8. The van der Waals surface area contributed by atoms with Crippen molar-refractivity contribution in [2.45, 2.75) is 48.0 Å². The lowest BCUT2D eigenvalue weighted by Gasteiger charge is -2.03. The van der Waals surface area contributed by atoms with E-state index in [4.69, 9.17) is 0 Å². The van der Waals surface area contributed by atoms with E-state index in [9.17, 15) is 0 Å². The van der Waals surface area contributed by atoms with Crippen LogP contribution in [0.5, 0.6) is 0 Å². The third-order valence-corrected chi connectivity index (χ3v) is 2.25. The van der Waals surface area contributed by atoms with Crippen molar-refractivity contribution in [1.29, 1.82) is 0 Å².